The number of aliphatic imine (C=N–C) groups is 1. The van der Waals surface area contributed by atoms with Gasteiger partial charge in [0.05, 0.1) is 0 Å². The van der Waals surface area contributed by atoms with Gasteiger partial charge in [0.15, 0.2) is 0 Å². The van der Waals surface area contributed by atoms with Crippen molar-refractivity contribution in [2.75, 3.05) is 12.4 Å². The van der Waals surface area contributed by atoms with Gasteiger partial charge in [-0.15, -0.1) is 24.0 Å². The van der Waals surface area contributed by atoms with Gasteiger partial charge in [0.25, 0.3) is 0 Å². The quantitative estimate of drug-likeness (QED) is 0.582. The van der Waals surface area contributed by atoms with Crippen LogP contribution in [0.4, 0.5) is 0 Å². The highest BCUT2D eigenvalue weighted by Crippen LogP contribution is 2.08. The lowest BCUT2D eigenvalue weighted by molar-refractivity contribution is 0.728. The lowest BCUT2D eigenvalue weighted by Gasteiger charge is -2.09. The Balaban J connectivity index is 0.000000810. The Kier molecular flexibility index (Phi) is 6.14. The lowest BCUT2D eigenvalue weighted by Crippen LogP contribution is -2.06. The Hall–Kier alpha value is 0.250. The van der Waals surface area contributed by atoms with Crippen LogP contribution in [0, 0.1) is 0 Å². The van der Waals surface area contributed by atoms with Crippen LogP contribution < -0.4 is 0 Å². The molecule has 0 bridgehead atoms. The first-order chi connectivity index (χ1) is 4.43. The van der Waals surface area contributed by atoms with E-state index in [4.69, 9.17) is 11.6 Å². The molecule has 0 radical (unpaired) electrons. The first kappa shape index (κ1) is 10.2. The standard InChI is InChI=1S/C7H12ClN.ClH/c8-5-4-7-3-1-2-6-9-7;/h1-6H2;1H. The van der Waals surface area contributed by atoms with Gasteiger partial charge in [-0.1, -0.05) is 0 Å². The minimum absolute atomic E-state index is 0. The van der Waals surface area contributed by atoms with E-state index in [-0.39, 0.29) is 12.4 Å². The Labute approximate surface area is 73.3 Å². The number of hydrogen-bond acceptors (Lipinski definition) is 1. The summed E-state index contributed by atoms with van der Waals surface area (Å²) in [5.41, 5.74) is 1.33. The molecule has 0 aromatic heterocycles. The van der Waals surface area contributed by atoms with Crippen molar-refractivity contribution in [3.63, 3.8) is 0 Å². The molecule has 0 spiro atoms. The van der Waals surface area contributed by atoms with Crippen molar-refractivity contribution in [1.82, 2.24) is 0 Å². The molecule has 1 aliphatic heterocycles. The molecule has 0 aromatic rings. The van der Waals surface area contributed by atoms with Crippen LogP contribution in [-0.2, 0) is 0 Å². The van der Waals surface area contributed by atoms with E-state index in [1.54, 1.807) is 0 Å². The van der Waals surface area contributed by atoms with Crippen molar-refractivity contribution in [1.29, 1.82) is 0 Å². The van der Waals surface area contributed by atoms with Crippen molar-refractivity contribution < 1.29 is 0 Å². The topological polar surface area (TPSA) is 12.4 Å². The summed E-state index contributed by atoms with van der Waals surface area (Å²) in [6, 6.07) is 0. The van der Waals surface area contributed by atoms with Crippen LogP contribution in [0.3, 0.4) is 0 Å². The van der Waals surface area contributed by atoms with Gasteiger partial charge in [-0.2, -0.15) is 0 Å². The zero-order chi connectivity index (χ0) is 6.53. The van der Waals surface area contributed by atoms with Crippen LogP contribution in [-0.4, -0.2) is 18.1 Å². The summed E-state index contributed by atoms with van der Waals surface area (Å²) in [7, 11) is 0. The fourth-order valence-corrected chi connectivity index (χ4v) is 1.29. The number of hydrogen-bond donors (Lipinski definition) is 0. The van der Waals surface area contributed by atoms with Crippen molar-refractivity contribution >= 4 is 29.7 Å². The largest absolute Gasteiger partial charge is 0.294 e. The lowest BCUT2D eigenvalue weighted by atomic mass is 10.1. The molecule has 0 amide bonds. The molecule has 3 heteroatoms. The number of alkyl halides is 1. The molecular formula is C7H13Cl2N. The summed E-state index contributed by atoms with van der Waals surface area (Å²) in [5.74, 6) is 0.735. The SMILES string of the molecule is Cl.ClCCC1=NCCCC1. The van der Waals surface area contributed by atoms with Gasteiger partial charge >= 0.3 is 0 Å². The number of rotatable bonds is 2. The van der Waals surface area contributed by atoms with Crippen LogP contribution in [0.1, 0.15) is 25.7 Å². The zero-order valence-corrected chi connectivity index (χ0v) is 7.55. The predicted octanol–water partition coefficient (Wildman–Crippen LogP) is 2.66. The van der Waals surface area contributed by atoms with E-state index in [0.717, 1.165) is 18.8 Å². The van der Waals surface area contributed by atoms with Crippen LogP contribution in [0.25, 0.3) is 0 Å². The third-order valence-electron chi connectivity index (χ3n) is 1.59. The highest BCUT2D eigenvalue weighted by Gasteiger charge is 2.02. The maximum absolute atomic E-state index is 5.55. The van der Waals surface area contributed by atoms with E-state index in [9.17, 15) is 0 Å². The van der Waals surface area contributed by atoms with E-state index in [1.807, 2.05) is 0 Å². The van der Waals surface area contributed by atoms with Gasteiger partial charge in [0, 0.05) is 18.1 Å². The summed E-state index contributed by atoms with van der Waals surface area (Å²) in [5, 5.41) is 0. The van der Waals surface area contributed by atoms with Crippen molar-refractivity contribution in [2.45, 2.75) is 25.7 Å². The Morgan fingerprint density at radius 3 is 2.70 bits per heavy atom. The molecule has 0 saturated heterocycles. The summed E-state index contributed by atoms with van der Waals surface area (Å²) < 4.78 is 0. The maximum Gasteiger partial charge on any atom is 0.0388 e. The molecular weight excluding hydrogens is 169 g/mol. The third kappa shape index (κ3) is 3.43. The minimum Gasteiger partial charge on any atom is -0.294 e. The van der Waals surface area contributed by atoms with Gasteiger partial charge in [-0.25, -0.2) is 0 Å². The molecule has 0 unspecified atom stereocenters. The van der Waals surface area contributed by atoms with Crippen LogP contribution in [0.15, 0.2) is 4.99 Å². The van der Waals surface area contributed by atoms with Gasteiger partial charge in [0.2, 0.25) is 0 Å². The van der Waals surface area contributed by atoms with E-state index in [1.165, 1.54) is 25.0 Å². The molecule has 1 heterocycles. The fourth-order valence-electron chi connectivity index (χ4n) is 1.07. The van der Waals surface area contributed by atoms with Crippen molar-refractivity contribution in [2.24, 2.45) is 4.99 Å². The highest BCUT2D eigenvalue weighted by atomic mass is 35.5. The molecule has 1 nitrogen and oxygen atoms in total. The zero-order valence-electron chi connectivity index (χ0n) is 5.98. The van der Waals surface area contributed by atoms with E-state index in [2.05, 4.69) is 4.99 Å². The Morgan fingerprint density at radius 1 is 1.40 bits per heavy atom. The number of nitrogens with zero attached hydrogens (tertiary/aromatic N) is 1. The van der Waals surface area contributed by atoms with Gasteiger partial charge < -0.3 is 0 Å². The second-order valence-corrected chi connectivity index (χ2v) is 2.72. The monoisotopic (exact) mass is 181 g/mol. The van der Waals surface area contributed by atoms with E-state index < -0.39 is 0 Å². The normalized spacial score (nSPS) is 17.5. The number of halogens is 2. The summed E-state index contributed by atoms with van der Waals surface area (Å²) in [4.78, 5) is 4.35. The summed E-state index contributed by atoms with van der Waals surface area (Å²) in [6.07, 6.45) is 4.77. The Bertz CT molecular complexity index is 112. The van der Waals surface area contributed by atoms with Crippen LogP contribution in [0.2, 0.25) is 0 Å². The van der Waals surface area contributed by atoms with Crippen molar-refractivity contribution in [3.8, 4) is 0 Å². The highest BCUT2D eigenvalue weighted by molar-refractivity contribution is 6.19. The van der Waals surface area contributed by atoms with Gasteiger partial charge in [-0.3, -0.25) is 4.99 Å². The second-order valence-electron chi connectivity index (χ2n) is 2.34. The fraction of sp³-hybridized carbons (Fsp3) is 0.857. The predicted molar refractivity (Wildman–Crippen MR) is 48.7 cm³/mol. The van der Waals surface area contributed by atoms with E-state index >= 15 is 0 Å². The molecule has 0 N–H and O–H groups in total. The second kappa shape index (κ2) is 5.99. The molecule has 1 aliphatic rings. The maximum atomic E-state index is 5.55. The molecule has 0 aliphatic carbocycles. The molecule has 60 valence electrons. The van der Waals surface area contributed by atoms with Gasteiger partial charge in [0.1, 0.15) is 0 Å². The van der Waals surface area contributed by atoms with Crippen molar-refractivity contribution in [3.05, 3.63) is 0 Å². The summed E-state index contributed by atoms with van der Waals surface area (Å²) in [6.45, 7) is 1.03. The summed E-state index contributed by atoms with van der Waals surface area (Å²) >= 11 is 5.55. The molecule has 10 heavy (non-hydrogen) atoms. The van der Waals surface area contributed by atoms with Crippen LogP contribution in [0.5, 0.6) is 0 Å². The average Bonchev–Trinajstić information content (AvgIpc) is 1.91. The molecule has 0 saturated carbocycles. The Morgan fingerprint density at radius 2 is 2.20 bits per heavy atom. The van der Waals surface area contributed by atoms with Crippen LogP contribution >= 0.6 is 24.0 Å². The molecule has 1 rings (SSSR count). The molecule has 0 fully saturated rings. The molecule has 0 aromatic carbocycles. The van der Waals surface area contributed by atoms with Gasteiger partial charge in [-0.05, 0) is 25.7 Å². The van der Waals surface area contributed by atoms with E-state index in [0.29, 0.717) is 0 Å². The third-order valence-corrected chi connectivity index (χ3v) is 1.78. The molecule has 0 atom stereocenters. The average molecular weight is 182 g/mol. The smallest absolute Gasteiger partial charge is 0.0388 e. The first-order valence-electron chi connectivity index (χ1n) is 3.51. The minimum atomic E-state index is 0. The first-order valence-corrected chi connectivity index (χ1v) is 4.05.